The van der Waals surface area contributed by atoms with E-state index < -0.39 is 36.3 Å². The molecule has 2 aromatic rings. The molecule has 2 unspecified atom stereocenters. The largest absolute Gasteiger partial charge is 0.334 e. The molecule has 0 aromatic carbocycles. The van der Waals surface area contributed by atoms with E-state index in [2.05, 4.69) is 12.1 Å². The maximum atomic E-state index is 13.5. The zero-order chi connectivity index (χ0) is 24.0. The second-order valence-electron chi connectivity index (χ2n) is 8.81. The molecule has 2 atom stereocenters. The highest BCUT2D eigenvalue weighted by atomic mass is 32.1. The van der Waals surface area contributed by atoms with Crippen LogP contribution < -0.4 is 0 Å². The van der Waals surface area contributed by atoms with Crippen molar-refractivity contribution in [3.05, 3.63) is 50.4 Å². The molecule has 0 spiro atoms. The van der Waals surface area contributed by atoms with Crippen LogP contribution in [0.2, 0.25) is 0 Å². The molecule has 10 heteroatoms. The lowest BCUT2D eigenvalue weighted by Crippen LogP contribution is -2.43. The van der Waals surface area contributed by atoms with E-state index in [1.807, 2.05) is 29.0 Å². The first kappa shape index (κ1) is 22.7. The van der Waals surface area contributed by atoms with Crippen molar-refractivity contribution in [2.24, 2.45) is 11.0 Å². The summed E-state index contributed by atoms with van der Waals surface area (Å²) in [5.41, 5.74) is 2.01. The molecule has 1 saturated heterocycles. The summed E-state index contributed by atoms with van der Waals surface area (Å²) >= 11 is 3.21. The van der Waals surface area contributed by atoms with E-state index in [0.717, 1.165) is 50.1 Å². The van der Waals surface area contributed by atoms with Gasteiger partial charge in [-0.05, 0) is 67.7 Å². The van der Waals surface area contributed by atoms with Gasteiger partial charge in [0.25, 0.3) is 5.91 Å². The molecule has 3 aliphatic rings. The Kier molecular flexibility index (Phi) is 5.95. The molecule has 2 aromatic heterocycles. The number of hydrogen-bond acceptors (Lipinski definition) is 7. The lowest BCUT2D eigenvalue weighted by molar-refractivity contribution is -0.145. The third-order valence-electron chi connectivity index (χ3n) is 6.35. The Labute approximate surface area is 205 Å². The van der Waals surface area contributed by atoms with Crippen LogP contribution in [-0.2, 0) is 14.4 Å². The molecule has 1 aliphatic carbocycles. The summed E-state index contributed by atoms with van der Waals surface area (Å²) in [7, 11) is 0. The van der Waals surface area contributed by atoms with E-state index in [1.54, 1.807) is 36.5 Å². The molecule has 8 nitrogen and oxygen atoms in total. The lowest BCUT2D eigenvalue weighted by atomic mass is 9.79. The molecule has 4 heterocycles. The van der Waals surface area contributed by atoms with Crippen molar-refractivity contribution in [3.63, 3.8) is 0 Å². The fourth-order valence-electron chi connectivity index (χ4n) is 4.82. The Balaban J connectivity index is 1.47. The van der Waals surface area contributed by atoms with Gasteiger partial charge >= 0.3 is 17.8 Å². The van der Waals surface area contributed by atoms with Crippen LogP contribution >= 0.6 is 22.7 Å². The average Bonchev–Trinajstić information content (AvgIpc) is 3.58. The molecule has 0 radical (unpaired) electrons. The number of rotatable bonds is 5. The Morgan fingerprint density at radius 1 is 1.15 bits per heavy atom. The number of thiophene rings is 2. The van der Waals surface area contributed by atoms with Gasteiger partial charge in [0, 0.05) is 21.7 Å². The highest BCUT2D eigenvalue weighted by molar-refractivity contribution is 7.11. The Hall–Kier alpha value is -3.11. The Morgan fingerprint density at radius 3 is 2.56 bits per heavy atom. The predicted molar refractivity (Wildman–Crippen MR) is 130 cm³/mol. The zero-order valence-corrected chi connectivity index (χ0v) is 20.5. The molecule has 34 heavy (non-hydrogen) atoms. The van der Waals surface area contributed by atoms with Crippen LogP contribution in [-0.4, -0.2) is 56.9 Å². The highest BCUT2D eigenvalue weighted by Crippen LogP contribution is 2.45. The monoisotopic (exact) mass is 496 g/mol. The van der Waals surface area contributed by atoms with E-state index in [0.29, 0.717) is 0 Å². The number of hydrazone groups is 1. The van der Waals surface area contributed by atoms with Crippen LogP contribution in [0.3, 0.4) is 0 Å². The molecule has 5 amide bonds. The second-order valence-corrected chi connectivity index (χ2v) is 10.8. The predicted octanol–water partition coefficient (Wildman–Crippen LogP) is 4.13. The van der Waals surface area contributed by atoms with Gasteiger partial charge in [-0.2, -0.15) is 5.10 Å². The topological polar surface area (TPSA) is 90.4 Å². The fourth-order valence-corrected chi connectivity index (χ4v) is 6.37. The van der Waals surface area contributed by atoms with Crippen molar-refractivity contribution in [1.29, 1.82) is 0 Å². The molecular formula is C24H24N4O4S2. The summed E-state index contributed by atoms with van der Waals surface area (Å²) < 4.78 is 0. The number of carbonyl (C=O) groups excluding carboxylic acids is 4. The molecule has 2 fully saturated rings. The first-order valence-corrected chi connectivity index (χ1v) is 13.0. The first-order chi connectivity index (χ1) is 16.4. The second kappa shape index (κ2) is 8.92. The fraction of sp³-hybridized carbons (Fsp3) is 0.375. The van der Waals surface area contributed by atoms with Gasteiger partial charge in [-0.15, -0.1) is 22.7 Å². The third-order valence-corrected chi connectivity index (χ3v) is 8.11. The van der Waals surface area contributed by atoms with Gasteiger partial charge in [-0.25, -0.2) is 14.7 Å². The van der Waals surface area contributed by atoms with Crippen LogP contribution in [0.4, 0.5) is 4.79 Å². The minimum atomic E-state index is -0.970. The number of hydrogen-bond donors (Lipinski definition) is 0. The van der Waals surface area contributed by atoms with Gasteiger partial charge in [0.1, 0.15) is 6.54 Å². The SMILES string of the molecule is CC(C)N1C(=O)C(=O)N(CC(=O)N2N=C3/C(=C\c4cccs4)CCCC3C2c2cccs2)C1=O. The highest BCUT2D eigenvalue weighted by Gasteiger charge is 2.49. The van der Waals surface area contributed by atoms with E-state index in [-0.39, 0.29) is 12.0 Å². The number of fused-ring (bicyclic) bond motifs is 1. The summed E-state index contributed by atoms with van der Waals surface area (Å²) in [4.78, 5) is 54.7. The number of imide groups is 2. The van der Waals surface area contributed by atoms with E-state index in [4.69, 9.17) is 5.10 Å². The van der Waals surface area contributed by atoms with Gasteiger partial charge in [0.2, 0.25) is 0 Å². The lowest BCUT2D eigenvalue weighted by Gasteiger charge is -2.29. The first-order valence-electron chi connectivity index (χ1n) is 11.2. The quantitative estimate of drug-likeness (QED) is 0.460. The maximum absolute atomic E-state index is 13.5. The molecule has 176 valence electrons. The van der Waals surface area contributed by atoms with Crippen molar-refractivity contribution in [2.75, 3.05) is 6.54 Å². The minimum Gasteiger partial charge on any atom is -0.271 e. The van der Waals surface area contributed by atoms with Gasteiger partial charge in [-0.3, -0.25) is 19.3 Å². The van der Waals surface area contributed by atoms with Crippen molar-refractivity contribution in [2.45, 2.75) is 45.2 Å². The average molecular weight is 497 g/mol. The van der Waals surface area contributed by atoms with Gasteiger partial charge < -0.3 is 0 Å². The summed E-state index contributed by atoms with van der Waals surface area (Å²) in [5, 5.41) is 10.2. The van der Waals surface area contributed by atoms with Crippen LogP contribution in [0.5, 0.6) is 0 Å². The summed E-state index contributed by atoms with van der Waals surface area (Å²) in [6.45, 7) is 2.79. The van der Waals surface area contributed by atoms with Crippen molar-refractivity contribution in [3.8, 4) is 0 Å². The van der Waals surface area contributed by atoms with Crippen LogP contribution in [0, 0.1) is 5.92 Å². The van der Waals surface area contributed by atoms with Crippen LogP contribution in [0.15, 0.2) is 45.7 Å². The van der Waals surface area contributed by atoms with Crippen molar-refractivity contribution in [1.82, 2.24) is 14.8 Å². The number of urea groups is 1. The number of carbonyl (C=O) groups is 4. The van der Waals surface area contributed by atoms with Crippen LogP contribution in [0.25, 0.3) is 6.08 Å². The van der Waals surface area contributed by atoms with Gasteiger partial charge in [0.15, 0.2) is 0 Å². The third kappa shape index (κ3) is 3.80. The van der Waals surface area contributed by atoms with Crippen molar-refractivity contribution < 1.29 is 19.2 Å². The number of allylic oxidation sites excluding steroid dienone is 1. The standard InChI is InChI=1S/C24H24N4O4S2/c1-14(2)27-23(31)22(30)26(24(27)32)13-19(29)28-21(18-9-5-11-34-18)17-8-3-6-15(20(17)25-28)12-16-7-4-10-33-16/h4-5,7,9-12,14,17,21H,3,6,8,13H2,1-2H3/b15-12-. The van der Waals surface area contributed by atoms with Crippen molar-refractivity contribution >= 4 is 58.2 Å². The smallest absolute Gasteiger partial charge is 0.271 e. The minimum absolute atomic E-state index is 0.0429. The molecule has 5 rings (SSSR count). The summed E-state index contributed by atoms with van der Waals surface area (Å²) in [6, 6.07) is 6.47. The maximum Gasteiger partial charge on any atom is 0.334 e. The van der Waals surface area contributed by atoms with Gasteiger partial charge in [0.05, 0.1) is 11.8 Å². The van der Waals surface area contributed by atoms with E-state index in [1.165, 1.54) is 5.01 Å². The summed E-state index contributed by atoms with van der Waals surface area (Å²) in [6.07, 6.45) is 4.91. The number of nitrogens with zero attached hydrogens (tertiary/aromatic N) is 4. The molecule has 1 saturated carbocycles. The van der Waals surface area contributed by atoms with E-state index in [9.17, 15) is 19.2 Å². The van der Waals surface area contributed by atoms with Gasteiger partial charge in [-0.1, -0.05) is 12.1 Å². The molecule has 0 bridgehead atoms. The van der Waals surface area contributed by atoms with Crippen LogP contribution in [0.1, 0.15) is 48.9 Å². The molecule has 0 N–H and O–H groups in total. The zero-order valence-electron chi connectivity index (χ0n) is 18.8. The molecular weight excluding hydrogens is 472 g/mol. The summed E-state index contributed by atoms with van der Waals surface area (Å²) in [5.74, 6) is -2.30. The number of amides is 5. The normalized spacial score (nSPS) is 24.0. The Morgan fingerprint density at radius 2 is 1.91 bits per heavy atom. The molecule has 2 aliphatic heterocycles. The van der Waals surface area contributed by atoms with E-state index >= 15 is 0 Å². The Bertz CT molecular complexity index is 1200.